The van der Waals surface area contributed by atoms with Crippen molar-refractivity contribution in [1.29, 1.82) is 0 Å². The van der Waals surface area contributed by atoms with Gasteiger partial charge < -0.3 is 9.47 Å². The molecule has 0 saturated heterocycles. The van der Waals surface area contributed by atoms with Crippen LogP contribution in [0.1, 0.15) is 43.7 Å². The summed E-state index contributed by atoms with van der Waals surface area (Å²) in [6.07, 6.45) is 3.14. The number of carbonyl (C=O) groups excluding carboxylic acids is 1. The first-order valence-corrected chi connectivity index (χ1v) is 11.0. The van der Waals surface area contributed by atoms with Crippen molar-refractivity contribution in [3.8, 4) is 0 Å². The van der Waals surface area contributed by atoms with Crippen molar-refractivity contribution in [3.63, 3.8) is 0 Å². The van der Waals surface area contributed by atoms with Crippen molar-refractivity contribution in [2.75, 3.05) is 6.54 Å². The predicted octanol–water partition coefficient (Wildman–Crippen LogP) is 5.81. The molecule has 0 radical (unpaired) electrons. The van der Waals surface area contributed by atoms with Gasteiger partial charge in [-0.05, 0) is 61.6 Å². The van der Waals surface area contributed by atoms with Gasteiger partial charge in [0.1, 0.15) is 0 Å². The molecule has 1 aliphatic heterocycles. The Bertz CT molecular complexity index is 1300. The van der Waals surface area contributed by atoms with E-state index in [2.05, 4.69) is 80.1 Å². The molecule has 2 heterocycles. The highest BCUT2D eigenvalue weighted by Crippen LogP contribution is 2.31. The maximum Gasteiger partial charge on any atom is 0.254 e. The molecule has 0 N–H and O–H groups in total. The largest absolute Gasteiger partial charge is 0.343 e. The number of aromatic nitrogens is 1. The third-order valence-corrected chi connectivity index (χ3v) is 6.45. The summed E-state index contributed by atoms with van der Waals surface area (Å²) < 4.78 is 2.32. The lowest BCUT2D eigenvalue weighted by Gasteiger charge is -2.22. The number of hydrogen-bond donors (Lipinski definition) is 0. The molecule has 0 bridgehead atoms. The molecule has 5 rings (SSSR count). The Morgan fingerprint density at radius 2 is 1.68 bits per heavy atom. The lowest BCUT2D eigenvalue weighted by molar-refractivity contribution is 0.0750. The summed E-state index contributed by atoms with van der Waals surface area (Å²) >= 11 is 0. The van der Waals surface area contributed by atoms with Gasteiger partial charge in [-0.25, -0.2) is 0 Å². The van der Waals surface area contributed by atoms with Crippen molar-refractivity contribution in [2.24, 2.45) is 0 Å². The molecule has 3 heteroatoms. The van der Waals surface area contributed by atoms with Gasteiger partial charge in [0.05, 0.1) is 0 Å². The van der Waals surface area contributed by atoms with Crippen LogP contribution in [0.15, 0.2) is 66.9 Å². The maximum absolute atomic E-state index is 13.5. The number of carbonyl (C=O) groups is 1. The van der Waals surface area contributed by atoms with Crippen LogP contribution in [0.2, 0.25) is 0 Å². The van der Waals surface area contributed by atoms with Crippen LogP contribution in [-0.2, 0) is 19.5 Å². The Balaban J connectivity index is 1.52. The molecule has 0 fully saturated rings. The summed E-state index contributed by atoms with van der Waals surface area (Å²) in [5, 5.41) is 1.13. The van der Waals surface area contributed by atoms with Crippen molar-refractivity contribution < 1.29 is 4.79 Å². The van der Waals surface area contributed by atoms with Gasteiger partial charge in [-0.2, -0.15) is 0 Å². The highest BCUT2D eigenvalue weighted by molar-refractivity contribution is 6.08. The quantitative estimate of drug-likeness (QED) is 0.418. The van der Waals surface area contributed by atoms with Gasteiger partial charge in [0.15, 0.2) is 0 Å². The monoisotopic (exact) mass is 408 g/mol. The third kappa shape index (κ3) is 3.65. The second kappa shape index (κ2) is 7.73. The topological polar surface area (TPSA) is 25.2 Å². The van der Waals surface area contributed by atoms with Crippen LogP contribution in [0, 0.1) is 20.8 Å². The summed E-state index contributed by atoms with van der Waals surface area (Å²) in [6.45, 7) is 8.63. The van der Waals surface area contributed by atoms with E-state index >= 15 is 0 Å². The fourth-order valence-corrected chi connectivity index (χ4v) is 4.80. The molecule has 156 valence electrons. The minimum Gasteiger partial charge on any atom is -0.343 e. The van der Waals surface area contributed by atoms with Crippen molar-refractivity contribution in [2.45, 2.75) is 40.3 Å². The van der Waals surface area contributed by atoms with E-state index in [1.54, 1.807) is 0 Å². The van der Waals surface area contributed by atoms with E-state index in [0.29, 0.717) is 6.54 Å². The van der Waals surface area contributed by atoms with Crippen molar-refractivity contribution >= 4 is 16.8 Å². The van der Waals surface area contributed by atoms with Crippen LogP contribution in [0.5, 0.6) is 0 Å². The Kier molecular flexibility index (Phi) is 4.90. The second-order valence-corrected chi connectivity index (χ2v) is 8.88. The molecular formula is C28H28N2O. The maximum atomic E-state index is 13.5. The minimum absolute atomic E-state index is 0.135. The van der Waals surface area contributed by atoms with Crippen LogP contribution in [0.4, 0.5) is 0 Å². The number of benzene rings is 3. The summed E-state index contributed by atoms with van der Waals surface area (Å²) in [5.74, 6) is 0.135. The van der Waals surface area contributed by atoms with Crippen LogP contribution in [-0.4, -0.2) is 21.9 Å². The van der Waals surface area contributed by atoms with Crippen LogP contribution in [0.3, 0.4) is 0 Å². The number of amides is 1. The van der Waals surface area contributed by atoms with Crippen LogP contribution < -0.4 is 0 Å². The molecule has 1 amide bonds. The third-order valence-electron chi connectivity index (χ3n) is 6.45. The SMILES string of the molecule is Cc1cccc(CN2CCc3cn(Cc4cc(C)ccc4C)c4cccc(c34)C2=O)c1. The average Bonchev–Trinajstić information content (AvgIpc) is 3.04. The Labute approximate surface area is 183 Å². The Morgan fingerprint density at radius 3 is 2.52 bits per heavy atom. The van der Waals surface area contributed by atoms with E-state index < -0.39 is 0 Å². The Hall–Kier alpha value is -3.33. The van der Waals surface area contributed by atoms with E-state index in [-0.39, 0.29) is 5.91 Å². The van der Waals surface area contributed by atoms with Gasteiger partial charge in [0.2, 0.25) is 0 Å². The molecule has 0 atom stereocenters. The minimum atomic E-state index is 0.135. The van der Waals surface area contributed by atoms with E-state index in [1.807, 2.05) is 17.0 Å². The molecule has 31 heavy (non-hydrogen) atoms. The van der Waals surface area contributed by atoms with Gasteiger partial charge in [-0.15, -0.1) is 0 Å². The summed E-state index contributed by atoms with van der Waals surface area (Å²) in [6, 6.07) is 21.2. The van der Waals surface area contributed by atoms with Gasteiger partial charge in [-0.3, -0.25) is 4.79 Å². The smallest absolute Gasteiger partial charge is 0.254 e. The van der Waals surface area contributed by atoms with Gasteiger partial charge >= 0.3 is 0 Å². The van der Waals surface area contributed by atoms with E-state index in [9.17, 15) is 4.79 Å². The summed E-state index contributed by atoms with van der Waals surface area (Å²) in [4.78, 5) is 15.5. The molecule has 0 saturated carbocycles. The summed E-state index contributed by atoms with van der Waals surface area (Å²) in [7, 11) is 0. The van der Waals surface area contributed by atoms with E-state index in [0.717, 1.165) is 36.0 Å². The molecule has 0 unspecified atom stereocenters. The summed E-state index contributed by atoms with van der Waals surface area (Å²) in [5.41, 5.74) is 9.59. The lowest BCUT2D eigenvalue weighted by Crippen LogP contribution is -2.31. The molecule has 3 aromatic carbocycles. The van der Waals surface area contributed by atoms with Gasteiger partial charge in [0, 0.05) is 42.3 Å². The van der Waals surface area contributed by atoms with Gasteiger partial charge in [0.25, 0.3) is 5.91 Å². The second-order valence-electron chi connectivity index (χ2n) is 8.88. The highest BCUT2D eigenvalue weighted by atomic mass is 16.2. The standard InChI is InChI=1S/C28H28N2O/c1-19-6-4-7-22(14-19)16-29-13-12-23-17-30(18-24-15-20(2)10-11-21(24)3)26-9-5-8-25(27(23)26)28(29)31/h4-11,14-15,17H,12-13,16,18H2,1-3H3. The molecule has 0 spiro atoms. The normalized spacial score (nSPS) is 13.6. The molecule has 4 aromatic rings. The fraction of sp³-hybridized carbons (Fsp3) is 0.250. The first-order valence-electron chi connectivity index (χ1n) is 11.0. The van der Waals surface area contributed by atoms with E-state index in [4.69, 9.17) is 0 Å². The van der Waals surface area contributed by atoms with E-state index in [1.165, 1.54) is 33.4 Å². The van der Waals surface area contributed by atoms with Gasteiger partial charge in [-0.1, -0.05) is 59.7 Å². The number of hydrogen-bond acceptors (Lipinski definition) is 1. The lowest BCUT2D eigenvalue weighted by atomic mass is 10.0. The zero-order chi connectivity index (χ0) is 21.5. The number of nitrogens with zero attached hydrogens (tertiary/aromatic N) is 2. The molecule has 0 aliphatic carbocycles. The zero-order valence-electron chi connectivity index (χ0n) is 18.5. The first kappa shape index (κ1) is 19.6. The Morgan fingerprint density at radius 1 is 0.871 bits per heavy atom. The number of rotatable bonds is 4. The van der Waals surface area contributed by atoms with Crippen molar-refractivity contribution in [3.05, 3.63) is 106 Å². The first-order chi connectivity index (χ1) is 15.0. The predicted molar refractivity (Wildman–Crippen MR) is 127 cm³/mol. The van der Waals surface area contributed by atoms with Crippen LogP contribution >= 0.6 is 0 Å². The highest BCUT2D eigenvalue weighted by Gasteiger charge is 2.25. The molecular weight excluding hydrogens is 380 g/mol. The zero-order valence-corrected chi connectivity index (χ0v) is 18.5. The molecule has 3 nitrogen and oxygen atoms in total. The number of aryl methyl sites for hydroxylation is 3. The van der Waals surface area contributed by atoms with Crippen molar-refractivity contribution in [1.82, 2.24) is 9.47 Å². The van der Waals surface area contributed by atoms with Crippen LogP contribution in [0.25, 0.3) is 10.9 Å². The molecule has 1 aliphatic rings. The average molecular weight is 409 g/mol. The molecule has 1 aromatic heterocycles. The fourth-order valence-electron chi connectivity index (χ4n) is 4.80.